The number of nitrogens with two attached hydrogens (primary N) is 1. The summed E-state index contributed by atoms with van der Waals surface area (Å²) in [7, 11) is 0. The molecule has 1 aromatic carbocycles. The van der Waals surface area contributed by atoms with E-state index in [1.54, 1.807) is 0 Å². The Kier molecular flexibility index (Phi) is 4.45. The average Bonchev–Trinajstić information content (AvgIpc) is 2.79. The highest BCUT2D eigenvalue weighted by atomic mass is 15.3. The third-order valence-corrected chi connectivity index (χ3v) is 2.98. The van der Waals surface area contributed by atoms with Crippen LogP contribution in [0.2, 0.25) is 0 Å². The van der Waals surface area contributed by atoms with Crippen LogP contribution in [0, 0.1) is 0 Å². The van der Waals surface area contributed by atoms with Crippen LogP contribution in [0.15, 0.2) is 42.7 Å². The van der Waals surface area contributed by atoms with E-state index < -0.39 is 0 Å². The zero-order chi connectivity index (χ0) is 11.9. The summed E-state index contributed by atoms with van der Waals surface area (Å²) >= 11 is 0. The number of unbranched alkanes of at least 4 members (excludes halogenated alkanes) is 1. The minimum Gasteiger partial charge on any atom is -0.359 e. The van der Waals surface area contributed by atoms with Gasteiger partial charge in [-0.3, -0.25) is 0 Å². The van der Waals surface area contributed by atoms with E-state index in [0.717, 1.165) is 32.7 Å². The molecular formula is C14H21N3. The first kappa shape index (κ1) is 12.0. The van der Waals surface area contributed by atoms with Crippen molar-refractivity contribution in [3.05, 3.63) is 48.3 Å². The zero-order valence-electron chi connectivity index (χ0n) is 10.3. The van der Waals surface area contributed by atoms with Gasteiger partial charge in [0.25, 0.3) is 0 Å². The van der Waals surface area contributed by atoms with Gasteiger partial charge in [-0.1, -0.05) is 30.3 Å². The smallest absolute Gasteiger partial charge is 0.0897 e. The Morgan fingerprint density at radius 1 is 1.00 bits per heavy atom. The van der Waals surface area contributed by atoms with Gasteiger partial charge >= 0.3 is 0 Å². The van der Waals surface area contributed by atoms with Gasteiger partial charge in [0.2, 0.25) is 0 Å². The highest BCUT2D eigenvalue weighted by molar-refractivity contribution is 5.15. The van der Waals surface area contributed by atoms with Crippen LogP contribution in [0.1, 0.15) is 18.4 Å². The summed E-state index contributed by atoms with van der Waals surface area (Å²) in [4.78, 5) is 4.68. The van der Waals surface area contributed by atoms with E-state index >= 15 is 0 Å². The Balaban J connectivity index is 1.74. The molecule has 0 unspecified atom stereocenters. The summed E-state index contributed by atoms with van der Waals surface area (Å²) in [5.74, 6) is 0. The minimum atomic E-state index is 0.797. The van der Waals surface area contributed by atoms with Crippen molar-refractivity contribution in [2.75, 3.05) is 19.8 Å². The second kappa shape index (κ2) is 6.30. The fraction of sp³-hybridized carbons (Fsp3) is 0.429. The lowest BCUT2D eigenvalue weighted by atomic mass is 10.2. The van der Waals surface area contributed by atoms with Crippen molar-refractivity contribution in [3.63, 3.8) is 0 Å². The van der Waals surface area contributed by atoms with Crippen LogP contribution >= 0.6 is 0 Å². The van der Waals surface area contributed by atoms with Crippen molar-refractivity contribution in [2.45, 2.75) is 19.4 Å². The SMILES string of the molecule is NCCCCN1C=CN(Cc2ccccc2)C1. The Morgan fingerprint density at radius 2 is 1.76 bits per heavy atom. The van der Waals surface area contributed by atoms with Gasteiger partial charge in [-0.2, -0.15) is 0 Å². The van der Waals surface area contributed by atoms with Crippen LogP contribution in [0.25, 0.3) is 0 Å². The highest BCUT2D eigenvalue weighted by Gasteiger charge is 2.11. The fourth-order valence-electron chi connectivity index (χ4n) is 2.04. The van der Waals surface area contributed by atoms with Crippen molar-refractivity contribution in [1.82, 2.24) is 9.80 Å². The second-order valence-electron chi connectivity index (χ2n) is 4.48. The molecule has 0 fully saturated rings. The standard InChI is InChI=1S/C14H21N3/c15-8-4-5-9-16-10-11-17(13-16)12-14-6-2-1-3-7-14/h1-3,6-7,10-11H,4-5,8-9,12-13,15H2. The molecule has 2 N–H and O–H groups in total. The largest absolute Gasteiger partial charge is 0.359 e. The van der Waals surface area contributed by atoms with E-state index in [9.17, 15) is 0 Å². The molecule has 1 aliphatic heterocycles. The third kappa shape index (κ3) is 3.79. The third-order valence-electron chi connectivity index (χ3n) is 2.98. The number of hydrogen-bond donors (Lipinski definition) is 1. The van der Waals surface area contributed by atoms with Crippen LogP contribution in [0.4, 0.5) is 0 Å². The van der Waals surface area contributed by atoms with Gasteiger partial charge in [0.05, 0.1) is 6.67 Å². The lowest BCUT2D eigenvalue weighted by molar-refractivity contribution is 0.257. The maximum Gasteiger partial charge on any atom is 0.0897 e. The van der Waals surface area contributed by atoms with Crippen LogP contribution in [0.3, 0.4) is 0 Å². The molecule has 0 aliphatic carbocycles. The van der Waals surface area contributed by atoms with Crippen LogP contribution in [-0.2, 0) is 6.54 Å². The normalized spacial score (nSPS) is 14.6. The Labute approximate surface area is 104 Å². The minimum absolute atomic E-state index is 0.797. The predicted octanol–water partition coefficient (Wildman–Crippen LogP) is 1.97. The van der Waals surface area contributed by atoms with Crippen molar-refractivity contribution >= 4 is 0 Å². The molecular weight excluding hydrogens is 210 g/mol. The molecule has 1 heterocycles. The van der Waals surface area contributed by atoms with Crippen molar-refractivity contribution in [1.29, 1.82) is 0 Å². The van der Waals surface area contributed by atoms with Gasteiger partial charge in [0.1, 0.15) is 0 Å². The molecule has 0 aromatic heterocycles. The maximum atomic E-state index is 5.50. The van der Waals surface area contributed by atoms with Gasteiger partial charge < -0.3 is 15.5 Å². The summed E-state index contributed by atoms with van der Waals surface area (Å²) in [6.45, 7) is 3.90. The van der Waals surface area contributed by atoms with E-state index in [1.165, 1.54) is 12.0 Å². The van der Waals surface area contributed by atoms with Crippen LogP contribution in [-0.4, -0.2) is 29.6 Å². The maximum absolute atomic E-state index is 5.50. The van der Waals surface area contributed by atoms with Gasteiger partial charge in [0.15, 0.2) is 0 Å². The molecule has 17 heavy (non-hydrogen) atoms. The monoisotopic (exact) mass is 231 g/mol. The first-order chi connectivity index (χ1) is 8.38. The summed E-state index contributed by atoms with van der Waals surface area (Å²) in [6.07, 6.45) is 6.65. The van der Waals surface area contributed by atoms with Crippen molar-refractivity contribution in [3.8, 4) is 0 Å². The molecule has 0 saturated heterocycles. The summed E-state index contributed by atoms with van der Waals surface area (Å²) in [6, 6.07) is 10.6. The summed E-state index contributed by atoms with van der Waals surface area (Å²) < 4.78 is 0. The van der Waals surface area contributed by atoms with E-state index in [4.69, 9.17) is 5.73 Å². The van der Waals surface area contributed by atoms with Crippen LogP contribution in [0.5, 0.6) is 0 Å². The topological polar surface area (TPSA) is 32.5 Å². The quantitative estimate of drug-likeness (QED) is 0.760. The van der Waals surface area contributed by atoms with E-state index in [-0.39, 0.29) is 0 Å². The zero-order valence-corrected chi connectivity index (χ0v) is 10.3. The molecule has 92 valence electrons. The number of rotatable bonds is 6. The molecule has 2 rings (SSSR count). The number of hydrogen-bond acceptors (Lipinski definition) is 3. The molecule has 0 spiro atoms. The Hall–Kier alpha value is -1.48. The number of benzene rings is 1. The molecule has 1 aromatic rings. The molecule has 0 saturated carbocycles. The molecule has 0 radical (unpaired) electrons. The van der Waals surface area contributed by atoms with Crippen LogP contribution < -0.4 is 5.73 Å². The van der Waals surface area contributed by atoms with Gasteiger partial charge in [-0.25, -0.2) is 0 Å². The molecule has 3 heteroatoms. The fourth-order valence-corrected chi connectivity index (χ4v) is 2.04. The van der Waals surface area contributed by atoms with E-state index in [2.05, 4.69) is 52.5 Å². The highest BCUT2D eigenvalue weighted by Crippen LogP contribution is 2.12. The molecule has 0 bridgehead atoms. The predicted molar refractivity (Wildman–Crippen MR) is 71.0 cm³/mol. The summed E-state index contributed by atoms with van der Waals surface area (Å²) in [5.41, 5.74) is 6.86. The first-order valence-corrected chi connectivity index (χ1v) is 6.29. The Bertz CT molecular complexity index is 348. The van der Waals surface area contributed by atoms with Gasteiger partial charge in [-0.15, -0.1) is 0 Å². The van der Waals surface area contributed by atoms with E-state index in [0.29, 0.717) is 0 Å². The first-order valence-electron chi connectivity index (χ1n) is 6.29. The second-order valence-corrected chi connectivity index (χ2v) is 4.48. The van der Waals surface area contributed by atoms with Crippen molar-refractivity contribution in [2.24, 2.45) is 5.73 Å². The van der Waals surface area contributed by atoms with E-state index in [1.807, 2.05) is 0 Å². The lowest BCUT2D eigenvalue weighted by Crippen LogP contribution is -2.26. The molecule has 0 atom stereocenters. The molecule has 3 nitrogen and oxygen atoms in total. The molecule has 1 aliphatic rings. The lowest BCUT2D eigenvalue weighted by Gasteiger charge is -2.21. The molecule has 0 amide bonds. The summed E-state index contributed by atoms with van der Waals surface area (Å²) in [5, 5.41) is 0. The average molecular weight is 231 g/mol. The van der Waals surface area contributed by atoms with Crippen molar-refractivity contribution < 1.29 is 0 Å². The number of nitrogens with zero attached hydrogens (tertiary/aromatic N) is 2. The Morgan fingerprint density at radius 3 is 2.53 bits per heavy atom. The van der Waals surface area contributed by atoms with Gasteiger partial charge in [0, 0.05) is 25.5 Å². The van der Waals surface area contributed by atoms with Gasteiger partial charge in [-0.05, 0) is 24.9 Å².